The van der Waals surface area contributed by atoms with Gasteiger partial charge >= 0.3 is 0 Å². The van der Waals surface area contributed by atoms with Gasteiger partial charge in [-0.1, -0.05) is 13.8 Å². The van der Waals surface area contributed by atoms with E-state index in [1.807, 2.05) is 0 Å². The van der Waals surface area contributed by atoms with Crippen LogP contribution in [0.25, 0.3) is 0 Å². The summed E-state index contributed by atoms with van der Waals surface area (Å²) in [4.78, 5) is 11.9. The molecule has 98 valence electrons. The van der Waals surface area contributed by atoms with Crippen LogP contribution in [0.4, 0.5) is 0 Å². The molecule has 2 unspecified atom stereocenters. The topological polar surface area (TPSA) is 55.1 Å². The lowest BCUT2D eigenvalue weighted by Crippen LogP contribution is -2.51. The molecule has 0 spiro atoms. The number of hydrogen-bond acceptors (Lipinski definition) is 2. The lowest BCUT2D eigenvalue weighted by Gasteiger charge is -2.38. The van der Waals surface area contributed by atoms with Crippen LogP contribution in [0, 0.1) is 11.8 Å². The second-order valence-corrected chi connectivity index (χ2v) is 6.57. The second kappa shape index (κ2) is 4.97. The van der Waals surface area contributed by atoms with Crippen LogP contribution in [0.3, 0.4) is 0 Å². The first-order valence-electron chi connectivity index (χ1n) is 7.05. The fourth-order valence-electron chi connectivity index (χ4n) is 3.47. The molecule has 2 rings (SSSR count). The predicted octanol–water partition coefficient (Wildman–Crippen LogP) is 2.20. The summed E-state index contributed by atoms with van der Waals surface area (Å²) < 4.78 is 0. The molecule has 2 atom stereocenters. The molecule has 1 amide bonds. The molecular weight excluding hydrogens is 212 g/mol. The molecule has 0 aromatic rings. The fraction of sp³-hybridized carbons (Fsp3) is 0.929. The van der Waals surface area contributed by atoms with Crippen LogP contribution in [0.15, 0.2) is 0 Å². The highest BCUT2D eigenvalue weighted by molar-refractivity contribution is 5.77. The lowest BCUT2D eigenvalue weighted by molar-refractivity contribution is -0.124. The summed E-state index contributed by atoms with van der Waals surface area (Å²) in [6.45, 7) is 4.57. The smallest absolute Gasteiger partial charge is 0.222 e. The van der Waals surface area contributed by atoms with Crippen LogP contribution >= 0.6 is 0 Å². The van der Waals surface area contributed by atoms with Crippen LogP contribution in [0.1, 0.15) is 58.8 Å². The Morgan fingerprint density at radius 3 is 2.29 bits per heavy atom. The molecule has 0 aromatic carbocycles. The van der Waals surface area contributed by atoms with Crippen molar-refractivity contribution in [2.75, 3.05) is 0 Å². The Morgan fingerprint density at radius 2 is 1.82 bits per heavy atom. The van der Waals surface area contributed by atoms with Gasteiger partial charge in [0.2, 0.25) is 5.91 Å². The minimum absolute atomic E-state index is 0.165. The van der Waals surface area contributed by atoms with Crippen molar-refractivity contribution in [3.05, 3.63) is 0 Å². The number of hydrogen-bond donors (Lipinski definition) is 2. The monoisotopic (exact) mass is 238 g/mol. The van der Waals surface area contributed by atoms with E-state index in [4.69, 9.17) is 5.73 Å². The van der Waals surface area contributed by atoms with Crippen LogP contribution in [0.2, 0.25) is 0 Å². The maximum absolute atomic E-state index is 11.9. The third-order valence-corrected chi connectivity index (χ3v) is 4.41. The largest absolute Gasteiger partial charge is 0.353 e. The first-order valence-corrected chi connectivity index (χ1v) is 7.05. The number of rotatable bonds is 3. The van der Waals surface area contributed by atoms with Gasteiger partial charge in [0.25, 0.3) is 0 Å². The molecular formula is C14H26N2O. The molecule has 17 heavy (non-hydrogen) atoms. The van der Waals surface area contributed by atoms with Crippen LogP contribution < -0.4 is 11.1 Å². The molecule has 0 saturated heterocycles. The molecule has 0 aromatic heterocycles. The van der Waals surface area contributed by atoms with Crippen LogP contribution in [-0.2, 0) is 4.79 Å². The molecule has 3 N–H and O–H groups in total. The minimum Gasteiger partial charge on any atom is -0.353 e. The standard InChI is InChI=1S/C14H26N2O/c1-10-6-11(2)8-12(7-10)16-13(17)9-14(15)4-3-5-14/h10-12H,3-9,15H2,1-2H3,(H,16,17). The normalized spacial score (nSPS) is 36.1. The van der Waals surface area contributed by atoms with Gasteiger partial charge in [-0.3, -0.25) is 4.79 Å². The van der Waals surface area contributed by atoms with E-state index in [0.717, 1.165) is 37.5 Å². The zero-order valence-electron chi connectivity index (χ0n) is 11.2. The highest BCUT2D eigenvalue weighted by Gasteiger charge is 2.35. The summed E-state index contributed by atoms with van der Waals surface area (Å²) in [7, 11) is 0. The Bertz CT molecular complexity index is 276. The van der Waals surface area contributed by atoms with Crippen molar-refractivity contribution < 1.29 is 4.79 Å². The summed E-state index contributed by atoms with van der Waals surface area (Å²) in [6, 6.07) is 0.380. The lowest BCUT2D eigenvalue weighted by atomic mass is 9.75. The first-order chi connectivity index (χ1) is 7.97. The van der Waals surface area contributed by atoms with E-state index in [0.29, 0.717) is 12.5 Å². The molecule has 0 bridgehead atoms. The van der Waals surface area contributed by atoms with Gasteiger partial charge in [0.15, 0.2) is 0 Å². The summed E-state index contributed by atoms with van der Waals surface area (Å²) in [5.74, 6) is 1.64. The molecule has 0 heterocycles. The highest BCUT2D eigenvalue weighted by atomic mass is 16.1. The van der Waals surface area contributed by atoms with Gasteiger partial charge in [0.1, 0.15) is 0 Å². The zero-order chi connectivity index (χ0) is 12.5. The second-order valence-electron chi connectivity index (χ2n) is 6.57. The van der Waals surface area contributed by atoms with Gasteiger partial charge in [0.05, 0.1) is 0 Å². The van der Waals surface area contributed by atoms with Crippen molar-refractivity contribution in [3.8, 4) is 0 Å². The molecule has 2 saturated carbocycles. The van der Waals surface area contributed by atoms with Crippen molar-refractivity contribution in [2.45, 2.75) is 70.4 Å². The number of nitrogens with two attached hydrogens (primary N) is 1. The van der Waals surface area contributed by atoms with Crippen molar-refractivity contribution in [3.63, 3.8) is 0 Å². The molecule has 0 aliphatic heterocycles. The van der Waals surface area contributed by atoms with E-state index < -0.39 is 0 Å². The maximum Gasteiger partial charge on any atom is 0.222 e. The first kappa shape index (κ1) is 12.9. The average Bonchev–Trinajstić information content (AvgIpc) is 2.12. The van der Waals surface area contributed by atoms with Gasteiger partial charge in [0, 0.05) is 18.0 Å². The van der Waals surface area contributed by atoms with E-state index in [2.05, 4.69) is 19.2 Å². The van der Waals surface area contributed by atoms with E-state index in [9.17, 15) is 4.79 Å². The van der Waals surface area contributed by atoms with Crippen LogP contribution in [0.5, 0.6) is 0 Å². The Balaban J connectivity index is 1.77. The summed E-state index contributed by atoms with van der Waals surface area (Å²) in [5.41, 5.74) is 5.92. The Morgan fingerprint density at radius 1 is 1.24 bits per heavy atom. The predicted molar refractivity (Wildman–Crippen MR) is 69.5 cm³/mol. The van der Waals surface area contributed by atoms with Gasteiger partial charge in [-0.15, -0.1) is 0 Å². The Hall–Kier alpha value is -0.570. The summed E-state index contributed by atoms with van der Waals surface area (Å²) >= 11 is 0. The number of nitrogens with one attached hydrogen (secondary N) is 1. The zero-order valence-corrected chi connectivity index (χ0v) is 11.2. The summed E-state index contributed by atoms with van der Waals surface area (Å²) in [6.07, 6.45) is 7.29. The molecule has 2 aliphatic rings. The van der Waals surface area contributed by atoms with E-state index in [-0.39, 0.29) is 11.4 Å². The molecule has 3 nitrogen and oxygen atoms in total. The summed E-state index contributed by atoms with van der Waals surface area (Å²) in [5, 5.41) is 3.19. The van der Waals surface area contributed by atoms with Crippen molar-refractivity contribution >= 4 is 5.91 Å². The Kier molecular flexibility index (Phi) is 3.76. The number of carbonyl (C=O) groups excluding carboxylic acids is 1. The van der Waals surface area contributed by atoms with Gasteiger partial charge in [-0.25, -0.2) is 0 Å². The molecule has 0 radical (unpaired) electrons. The number of carbonyl (C=O) groups is 1. The van der Waals surface area contributed by atoms with Gasteiger partial charge in [-0.2, -0.15) is 0 Å². The average molecular weight is 238 g/mol. The van der Waals surface area contributed by atoms with E-state index >= 15 is 0 Å². The molecule has 2 aliphatic carbocycles. The van der Waals surface area contributed by atoms with E-state index in [1.165, 1.54) is 12.8 Å². The van der Waals surface area contributed by atoms with Crippen LogP contribution in [-0.4, -0.2) is 17.5 Å². The maximum atomic E-state index is 11.9. The van der Waals surface area contributed by atoms with Crippen molar-refractivity contribution in [1.29, 1.82) is 0 Å². The molecule has 3 heteroatoms. The van der Waals surface area contributed by atoms with Gasteiger partial charge < -0.3 is 11.1 Å². The van der Waals surface area contributed by atoms with Gasteiger partial charge in [-0.05, 0) is 50.4 Å². The van der Waals surface area contributed by atoms with Crippen molar-refractivity contribution in [1.82, 2.24) is 5.32 Å². The SMILES string of the molecule is CC1CC(C)CC(NC(=O)CC2(N)CCC2)C1. The minimum atomic E-state index is -0.185. The fourth-order valence-corrected chi connectivity index (χ4v) is 3.47. The molecule has 2 fully saturated rings. The third-order valence-electron chi connectivity index (χ3n) is 4.41. The quantitative estimate of drug-likeness (QED) is 0.792. The van der Waals surface area contributed by atoms with Crippen molar-refractivity contribution in [2.24, 2.45) is 17.6 Å². The Labute approximate surface area is 105 Å². The number of amides is 1. The van der Waals surface area contributed by atoms with E-state index in [1.54, 1.807) is 0 Å². The highest BCUT2D eigenvalue weighted by Crippen LogP contribution is 2.33. The third kappa shape index (κ3) is 3.44.